The van der Waals surface area contributed by atoms with Gasteiger partial charge in [-0.1, -0.05) is 18.6 Å². The largest absolute Gasteiger partial charge is 0.240 e. The summed E-state index contributed by atoms with van der Waals surface area (Å²) in [4.78, 5) is 0.414. The summed E-state index contributed by atoms with van der Waals surface area (Å²) in [6.45, 7) is 4.32. The summed E-state index contributed by atoms with van der Waals surface area (Å²) >= 11 is 0. The minimum atomic E-state index is -3.33. The molecule has 0 radical (unpaired) electrons. The fourth-order valence-electron chi connectivity index (χ4n) is 2.00. The van der Waals surface area contributed by atoms with Crippen LogP contribution >= 0.6 is 0 Å². The molecular weight excluding hydrogens is 234 g/mol. The van der Waals surface area contributed by atoms with E-state index in [0.29, 0.717) is 17.4 Å². The number of rotatable bonds is 4. The van der Waals surface area contributed by atoms with Crippen molar-refractivity contribution < 1.29 is 8.42 Å². The van der Waals surface area contributed by atoms with Crippen molar-refractivity contribution in [3.05, 3.63) is 29.3 Å². The highest BCUT2D eigenvalue weighted by atomic mass is 32.2. The molecule has 0 unspecified atom stereocenters. The van der Waals surface area contributed by atoms with E-state index >= 15 is 0 Å². The van der Waals surface area contributed by atoms with Gasteiger partial charge in [-0.3, -0.25) is 0 Å². The van der Waals surface area contributed by atoms with Gasteiger partial charge < -0.3 is 0 Å². The molecule has 1 aromatic rings. The summed E-state index contributed by atoms with van der Waals surface area (Å²) in [7, 11) is -3.33. The molecule has 0 spiro atoms. The molecule has 1 aliphatic carbocycles. The van der Waals surface area contributed by atoms with Crippen LogP contribution in [0.2, 0.25) is 0 Å². The van der Waals surface area contributed by atoms with Crippen molar-refractivity contribution in [1.82, 2.24) is 4.72 Å². The number of hydrogen-bond acceptors (Lipinski definition) is 2. The molecule has 2 rings (SSSR count). The zero-order valence-electron chi connectivity index (χ0n) is 10.4. The molecule has 3 nitrogen and oxygen atoms in total. The lowest BCUT2D eigenvalue weighted by Gasteiger charge is -2.25. The van der Waals surface area contributed by atoms with Crippen LogP contribution < -0.4 is 4.72 Å². The molecule has 4 heteroatoms. The Morgan fingerprint density at radius 2 is 2.00 bits per heavy atom. The lowest BCUT2D eigenvalue weighted by atomic mass is 9.86. The van der Waals surface area contributed by atoms with Crippen LogP contribution in [0.1, 0.15) is 30.4 Å². The third kappa shape index (κ3) is 2.87. The van der Waals surface area contributed by atoms with E-state index in [-0.39, 0.29) is 0 Å². The van der Waals surface area contributed by atoms with Crippen molar-refractivity contribution in [1.29, 1.82) is 0 Å². The van der Waals surface area contributed by atoms with Gasteiger partial charge in [0.05, 0.1) is 4.90 Å². The second-order valence-electron chi connectivity index (χ2n) is 4.92. The maximum Gasteiger partial charge on any atom is 0.240 e. The Morgan fingerprint density at radius 3 is 2.59 bits per heavy atom. The zero-order valence-corrected chi connectivity index (χ0v) is 11.2. The van der Waals surface area contributed by atoms with E-state index < -0.39 is 10.0 Å². The number of hydrogen-bond donors (Lipinski definition) is 1. The zero-order chi connectivity index (χ0) is 12.5. The van der Waals surface area contributed by atoms with E-state index in [4.69, 9.17) is 0 Å². The topological polar surface area (TPSA) is 46.2 Å². The predicted molar refractivity (Wildman–Crippen MR) is 68.4 cm³/mol. The first-order chi connectivity index (χ1) is 7.99. The van der Waals surface area contributed by atoms with Crippen LogP contribution in [0.3, 0.4) is 0 Å². The van der Waals surface area contributed by atoms with Gasteiger partial charge in [0.15, 0.2) is 0 Å². The van der Waals surface area contributed by atoms with E-state index in [0.717, 1.165) is 24.0 Å². The maximum absolute atomic E-state index is 12.1. The maximum atomic E-state index is 12.1. The Labute approximate surface area is 103 Å². The Balaban J connectivity index is 2.15. The summed E-state index contributed by atoms with van der Waals surface area (Å²) in [6, 6.07) is 5.52. The van der Waals surface area contributed by atoms with Crippen LogP contribution in [0.25, 0.3) is 0 Å². The first-order valence-electron chi connectivity index (χ1n) is 6.06. The first-order valence-corrected chi connectivity index (χ1v) is 7.54. The Kier molecular flexibility index (Phi) is 3.54. The highest BCUT2D eigenvalue weighted by molar-refractivity contribution is 7.89. The average molecular weight is 253 g/mol. The van der Waals surface area contributed by atoms with Crippen molar-refractivity contribution in [3.63, 3.8) is 0 Å². The van der Waals surface area contributed by atoms with Gasteiger partial charge >= 0.3 is 0 Å². The molecule has 0 amide bonds. The quantitative estimate of drug-likeness (QED) is 0.895. The smallest absolute Gasteiger partial charge is 0.211 e. The van der Waals surface area contributed by atoms with Crippen LogP contribution in [-0.4, -0.2) is 15.0 Å². The SMILES string of the molecule is Cc1ccc(C)c(S(=O)(=O)NCC2CCC2)c1. The van der Waals surface area contributed by atoms with Crippen molar-refractivity contribution in [3.8, 4) is 0 Å². The van der Waals surface area contributed by atoms with Crippen LogP contribution in [0.4, 0.5) is 0 Å². The third-order valence-electron chi connectivity index (χ3n) is 3.42. The fraction of sp³-hybridized carbons (Fsp3) is 0.538. The summed E-state index contributed by atoms with van der Waals surface area (Å²) < 4.78 is 27.0. The summed E-state index contributed by atoms with van der Waals surface area (Å²) in [6.07, 6.45) is 3.53. The molecule has 1 aliphatic rings. The molecule has 94 valence electrons. The first kappa shape index (κ1) is 12.6. The number of benzene rings is 1. The predicted octanol–water partition coefficient (Wildman–Crippen LogP) is 2.38. The molecule has 1 aromatic carbocycles. The van der Waals surface area contributed by atoms with Crippen LogP contribution in [0.5, 0.6) is 0 Å². The molecule has 0 aromatic heterocycles. The summed E-state index contributed by atoms with van der Waals surface area (Å²) in [5.41, 5.74) is 1.77. The molecule has 0 saturated heterocycles. The highest BCUT2D eigenvalue weighted by Gasteiger charge is 2.22. The fourth-order valence-corrected chi connectivity index (χ4v) is 3.44. The number of aryl methyl sites for hydroxylation is 2. The summed E-state index contributed by atoms with van der Waals surface area (Å²) in [5.74, 6) is 0.537. The Hall–Kier alpha value is -0.870. The molecule has 17 heavy (non-hydrogen) atoms. The van der Waals surface area contributed by atoms with Crippen molar-refractivity contribution in [2.24, 2.45) is 5.92 Å². The number of nitrogens with one attached hydrogen (secondary N) is 1. The molecule has 1 N–H and O–H groups in total. The molecule has 0 heterocycles. The molecule has 0 atom stereocenters. The van der Waals surface area contributed by atoms with Crippen molar-refractivity contribution in [2.75, 3.05) is 6.54 Å². The highest BCUT2D eigenvalue weighted by Crippen LogP contribution is 2.26. The van der Waals surface area contributed by atoms with E-state index in [9.17, 15) is 8.42 Å². The Bertz CT molecular complexity index is 504. The average Bonchev–Trinajstić information content (AvgIpc) is 2.19. The lowest BCUT2D eigenvalue weighted by Crippen LogP contribution is -2.32. The van der Waals surface area contributed by atoms with Gasteiger partial charge in [-0.25, -0.2) is 13.1 Å². The van der Waals surface area contributed by atoms with Gasteiger partial charge in [0.25, 0.3) is 0 Å². The van der Waals surface area contributed by atoms with Gasteiger partial charge in [-0.15, -0.1) is 0 Å². The second-order valence-corrected chi connectivity index (χ2v) is 6.65. The molecular formula is C13H19NO2S. The molecule has 0 bridgehead atoms. The van der Waals surface area contributed by atoms with Crippen LogP contribution in [-0.2, 0) is 10.0 Å². The number of sulfonamides is 1. The van der Waals surface area contributed by atoms with Gasteiger partial charge in [0.2, 0.25) is 10.0 Å². The van der Waals surface area contributed by atoms with Crippen molar-refractivity contribution in [2.45, 2.75) is 38.0 Å². The molecule has 1 saturated carbocycles. The van der Waals surface area contributed by atoms with E-state index in [2.05, 4.69) is 4.72 Å². The minimum Gasteiger partial charge on any atom is -0.211 e. The van der Waals surface area contributed by atoms with E-state index in [1.54, 1.807) is 6.07 Å². The van der Waals surface area contributed by atoms with Gasteiger partial charge in [-0.2, -0.15) is 0 Å². The second kappa shape index (κ2) is 4.78. The normalized spacial score (nSPS) is 16.8. The van der Waals surface area contributed by atoms with Crippen molar-refractivity contribution >= 4 is 10.0 Å². The molecule has 0 aliphatic heterocycles. The minimum absolute atomic E-state index is 0.414. The van der Waals surface area contributed by atoms with Crippen LogP contribution in [0, 0.1) is 19.8 Å². The van der Waals surface area contributed by atoms with Gasteiger partial charge in [0, 0.05) is 6.54 Å². The standard InChI is InChI=1S/C13H19NO2S/c1-10-6-7-11(2)13(8-10)17(15,16)14-9-12-4-3-5-12/h6-8,12,14H,3-5,9H2,1-2H3. The van der Waals surface area contributed by atoms with E-state index in [1.807, 2.05) is 26.0 Å². The lowest BCUT2D eigenvalue weighted by molar-refractivity contribution is 0.316. The molecule has 1 fully saturated rings. The van der Waals surface area contributed by atoms with E-state index in [1.165, 1.54) is 6.42 Å². The summed E-state index contributed by atoms with van der Waals surface area (Å²) in [5, 5.41) is 0. The third-order valence-corrected chi connectivity index (χ3v) is 4.99. The Morgan fingerprint density at radius 1 is 1.29 bits per heavy atom. The van der Waals surface area contributed by atoms with Gasteiger partial charge in [0.1, 0.15) is 0 Å². The monoisotopic (exact) mass is 253 g/mol. The van der Waals surface area contributed by atoms with Gasteiger partial charge in [-0.05, 0) is 49.8 Å². The van der Waals surface area contributed by atoms with Crippen LogP contribution in [0.15, 0.2) is 23.1 Å².